The highest BCUT2D eigenvalue weighted by Crippen LogP contribution is 2.34. The second-order valence-corrected chi connectivity index (χ2v) is 13.2. The van der Waals surface area contributed by atoms with Gasteiger partial charge in [0.05, 0.1) is 11.1 Å². The van der Waals surface area contributed by atoms with Gasteiger partial charge in [-0.25, -0.2) is 14.9 Å². The first-order chi connectivity index (χ1) is 21.1. The third-order valence-electron chi connectivity index (χ3n) is 7.27. The molecule has 2 aliphatic rings. The lowest BCUT2D eigenvalue weighted by molar-refractivity contribution is -0.171. The van der Waals surface area contributed by atoms with Gasteiger partial charge in [0.2, 0.25) is 6.79 Å². The zero-order valence-electron chi connectivity index (χ0n) is 25.3. The molecule has 2 N–H and O–H groups in total. The molecule has 2 heterocycles. The number of amidine groups is 1. The van der Waals surface area contributed by atoms with Crippen LogP contribution in [0, 0.1) is 5.41 Å². The van der Waals surface area contributed by atoms with Crippen LogP contribution in [-0.2, 0) is 23.9 Å². The number of carbonyl (C=O) groups excluding carboxylic acids is 3. The summed E-state index contributed by atoms with van der Waals surface area (Å²) in [5, 5.41) is 16.7. The van der Waals surface area contributed by atoms with Crippen LogP contribution >= 0.6 is 10.5 Å². The number of aromatic nitrogens is 4. The first kappa shape index (κ1) is 31.0. The summed E-state index contributed by atoms with van der Waals surface area (Å²) in [7, 11) is -0.468. The third kappa shape index (κ3) is 6.53. The van der Waals surface area contributed by atoms with Gasteiger partial charge in [-0.1, -0.05) is 43.3 Å². The molecule has 1 unspecified atom stereocenters. The van der Waals surface area contributed by atoms with Crippen molar-refractivity contribution in [3.63, 3.8) is 0 Å². The SMILES string of the molecule is CCC1=S(C)C(=NC(=O)C2=C(C(=O)OCOC(=O)C(C)(C)C)CCC2)N(c2ccc(-c3ccccc3-c3nnn[nH]3)cc2)N1. The maximum absolute atomic E-state index is 13.5. The van der Waals surface area contributed by atoms with E-state index in [2.05, 4.69) is 31.0 Å². The van der Waals surface area contributed by atoms with Crippen LogP contribution in [0.1, 0.15) is 53.4 Å². The molecule has 1 aliphatic heterocycles. The predicted octanol–water partition coefficient (Wildman–Crippen LogP) is 4.75. The first-order valence-corrected chi connectivity index (χ1v) is 15.9. The zero-order chi connectivity index (χ0) is 31.4. The number of nitrogens with one attached hydrogen (secondary N) is 2. The molecule has 1 aliphatic carbocycles. The van der Waals surface area contributed by atoms with Crippen molar-refractivity contribution in [3.8, 4) is 22.5 Å². The van der Waals surface area contributed by atoms with E-state index < -0.39 is 40.5 Å². The summed E-state index contributed by atoms with van der Waals surface area (Å²) in [6, 6.07) is 15.8. The highest BCUT2D eigenvalue weighted by molar-refractivity contribution is 8.28. The molecule has 1 aromatic heterocycles. The Morgan fingerprint density at radius 2 is 1.70 bits per heavy atom. The topological polar surface area (TPSA) is 152 Å². The van der Waals surface area contributed by atoms with E-state index in [1.165, 1.54) is 0 Å². The molecular formula is C31H35N7O5S. The molecule has 0 saturated heterocycles. The summed E-state index contributed by atoms with van der Waals surface area (Å²) in [6.45, 7) is 6.68. The number of amides is 1. The van der Waals surface area contributed by atoms with E-state index in [4.69, 9.17) is 9.47 Å². The number of carbonyl (C=O) groups is 3. The van der Waals surface area contributed by atoms with E-state index in [-0.39, 0.29) is 5.57 Å². The highest BCUT2D eigenvalue weighted by Gasteiger charge is 2.31. The number of hydrogen-bond acceptors (Lipinski definition) is 9. The van der Waals surface area contributed by atoms with Crippen LogP contribution < -0.4 is 10.4 Å². The fourth-order valence-corrected chi connectivity index (χ4v) is 6.41. The largest absolute Gasteiger partial charge is 0.427 e. The Hall–Kier alpha value is -4.49. The number of aromatic amines is 1. The van der Waals surface area contributed by atoms with E-state index in [1.54, 1.807) is 20.8 Å². The van der Waals surface area contributed by atoms with Gasteiger partial charge in [-0.05, 0) is 86.4 Å². The van der Waals surface area contributed by atoms with Gasteiger partial charge in [0.1, 0.15) is 0 Å². The maximum Gasteiger partial charge on any atom is 0.337 e. The van der Waals surface area contributed by atoms with Crippen LogP contribution in [-0.4, -0.2) is 61.7 Å². The predicted molar refractivity (Wildman–Crippen MR) is 169 cm³/mol. The summed E-state index contributed by atoms with van der Waals surface area (Å²) >= 11 is 0. The fourth-order valence-electron chi connectivity index (χ4n) is 4.88. The standard InChI is InChI=1S/C31H35N7O5S/c1-6-25-35-38(20-16-14-19(15-17-20)21-10-7-8-11-22(21)26-33-36-37-34-26)30(44(25)5)32-27(39)23-12-9-13-24(23)28(40)42-18-43-29(41)31(2,3)4/h7-8,10-11,14-17,35H,6,9,12-13,18H2,1-5H3,(H,33,34,36,37). The Labute approximate surface area is 257 Å². The molecule has 0 spiro atoms. The summed E-state index contributed by atoms with van der Waals surface area (Å²) in [5.41, 5.74) is 6.94. The molecular weight excluding hydrogens is 582 g/mol. The summed E-state index contributed by atoms with van der Waals surface area (Å²) in [5.74, 6) is -1.04. The lowest BCUT2D eigenvalue weighted by atomic mass is 9.98. The molecule has 2 aromatic carbocycles. The number of nitrogens with zero attached hydrogens (tertiary/aromatic N) is 5. The van der Waals surface area contributed by atoms with Crippen molar-refractivity contribution in [2.45, 2.75) is 53.4 Å². The summed E-state index contributed by atoms with van der Waals surface area (Å²) in [6.07, 6.45) is 4.24. The van der Waals surface area contributed by atoms with Crippen molar-refractivity contribution in [1.82, 2.24) is 26.0 Å². The van der Waals surface area contributed by atoms with Gasteiger partial charge in [0, 0.05) is 21.7 Å². The number of hydrazine groups is 1. The molecule has 0 fully saturated rings. The van der Waals surface area contributed by atoms with Gasteiger partial charge in [-0.15, -0.1) is 15.6 Å². The fraction of sp³-hybridized carbons (Fsp3) is 0.355. The van der Waals surface area contributed by atoms with Crippen LogP contribution in [0.25, 0.3) is 22.5 Å². The first-order valence-electron chi connectivity index (χ1n) is 14.3. The summed E-state index contributed by atoms with van der Waals surface area (Å²) in [4.78, 5) is 43.9. The van der Waals surface area contributed by atoms with Crippen LogP contribution in [0.5, 0.6) is 0 Å². The Morgan fingerprint density at radius 3 is 2.36 bits per heavy atom. The molecule has 5 rings (SSSR count). The van der Waals surface area contributed by atoms with Gasteiger partial charge in [0.15, 0.2) is 11.0 Å². The normalized spacial score (nSPS) is 17.8. The molecule has 0 radical (unpaired) electrons. The summed E-state index contributed by atoms with van der Waals surface area (Å²) < 4.78 is 10.2. The van der Waals surface area contributed by atoms with Crippen molar-refractivity contribution in [2.24, 2.45) is 10.4 Å². The van der Waals surface area contributed by atoms with Gasteiger partial charge in [-0.3, -0.25) is 9.59 Å². The van der Waals surface area contributed by atoms with Gasteiger partial charge < -0.3 is 9.47 Å². The molecule has 230 valence electrons. The Morgan fingerprint density at radius 1 is 1.00 bits per heavy atom. The van der Waals surface area contributed by atoms with Crippen LogP contribution in [0.4, 0.5) is 5.69 Å². The molecule has 1 atom stereocenters. The third-order valence-corrected chi connectivity index (χ3v) is 9.21. The maximum atomic E-state index is 13.5. The second-order valence-electron chi connectivity index (χ2n) is 11.3. The molecule has 13 heteroatoms. The number of tetrazole rings is 1. The van der Waals surface area contributed by atoms with Crippen molar-refractivity contribution in [1.29, 1.82) is 0 Å². The van der Waals surface area contributed by atoms with E-state index in [1.807, 2.05) is 66.7 Å². The van der Waals surface area contributed by atoms with Gasteiger partial charge in [-0.2, -0.15) is 10.4 Å². The number of H-pyrrole nitrogens is 1. The van der Waals surface area contributed by atoms with E-state index in [0.717, 1.165) is 33.8 Å². The number of ether oxygens (including phenoxy) is 2. The van der Waals surface area contributed by atoms with Crippen molar-refractivity contribution in [2.75, 3.05) is 18.1 Å². The number of aliphatic imine (C=N–C) groups is 1. The second kappa shape index (κ2) is 13.0. The number of anilines is 1. The van der Waals surface area contributed by atoms with Crippen LogP contribution in [0.15, 0.2) is 64.7 Å². The van der Waals surface area contributed by atoms with E-state index >= 15 is 0 Å². The van der Waals surface area contributed by atoms with Crippen LogP contribution in [0.2, 0.25) is 0 Å². The highest BCUT2D eigenvalue weighted by atomic mass is 32.2. The molecule has 1 amide bonds. The van der Waals surface area contributed by atoms with E-state index in [0.29, 0.717) is 35.8 Å². The molecule has 12 nitrogen and oxygen atoms in total. The Bertz CT molecular complexity index is 1670. The number of rotatable bonds is 8. The lowest BCUT2D eigenvalue weighted by Gasteiger charge is -2.20. The average Bonchev–Trinajstić information content (AvgIpc) is 3.78. The Kier molecular flexibility index (Phi) is 9.16. The Balaban J connectivity index is 1.38. The smallest absolute Gasteiger partial charge is 0.337 e. The minimum Gasteiger partial charge on any atom is -0.427 e. The quantitative estimate of drug-likeness (QED) is 0.206. The average molecular weight is 618 g/mol. The molecule has 44 heavy (non-hydrogen) atoms. The molecule has 0 bridgehead atoms. The van der Waals surface area contributed by atoms with Gasteiger partial charge >= 0.3 is 11.9 Å². The van der Waals surface area contributed by atoms with Crippen LogP contribution in [0.3, 0.4) is 0 Å². The van der Waals surface area contributed by atoms with Crippen molar-refractivity contribution in [3.05, 3.63) is 59.7 Å². The van der Waals surface area contributed by atoms with Gasteiger partial charge in [0.25, 0.3) is 5.91 Å². The lowest BCUT2D eigenvalue weighted by Crippen LogP contribution is -2.39. The minimum absolute atomic E-state index is 0.282. The van der Waals surface area contributed by atoms with E-state index in [9.17, 15) is 14.4 Å². The van der Waals surface area contributed by atoms with Crippen molar-refractivity contribution >= 4 is 44.2 Å². The molecule has 0 saturated carbocycles. The number of hydrogen-bond donors (Lipinski definition) is 2. The van der Waals surface area contributed by atoms with Crippen molar-refractivity contribution < 1.29 is 23.9 Å². The molecule has 3 aromatic rings. The number of esters is 2. The number of benzene rings is 2. The monoisotopic (exact) mass is 617 g/mol. The minimum atomic E-state index is -0.719. The zero-order valence-corrected chi connectivity index (χ0v) is 26.2.